The standard InChI is InChI=1S/C14H20N4O2/c1-9-7-11(15)10(8-16-9)12(19)18-6-5-17(4)13(20)14(18,2)3/h7-8H,5-6H2,1-4H3,(H2,15,16). The van der Waals surface area contributed by atoms with Crippen molar-refractivity contribution >= 4 is 17.5 Å². The minimum atomic E-state index is -0.874. The Morgan fingerprint density at radius 2 is 2.05 bits per heavy atom. The molecule has 6 nitrogen and oxygen atoms in total. The summed E-state index contributed by atoms with van der Waals surface area (Å²) in [6, 6.07) is 1.66. The van der Waals surface area contributed by atoms with Crippen LogP contribution in [0.25, 0.3) is 0 Å². The molecule has 1 aliphatic heterocycles. The fourth-order valence-corrected chi connectivity index (χ4v) is 2.47. The van der Waals surface area contributed by atoms with Gasteiger partial charge in [-0.25, -0.2) is 0 Å². The molecule has 2 N–H and O–H groups in total. The number of nitrogen functional groups attached to an aromatic ring is 1. The van der Waals surface area contributed by atoms with E-state index in [0.29, 0.717) is 24.3 Å². The van der Waals surface area contributed by atoms with Crippen LogP contribution in [-0.4, -0.2) is 52.3 Å². The van der Waals surface area contributed by atoms with E-state index in [1.807, 2.05) is 6.92 Å². The molecule has 0 spiro atoms. The number of nitrogens with two attached hydrogens (primary N) is 1. The largest absolute Gasteiger partial charge is 0.398 e. The van der Waals surface area contributed by atoms with Gasteiger partial charge in [0, 0.05) is 37.7 Å². The quantitative estimate of drug-likeness (QED) is 0.817. The zero-order valence-electron chi connectivity index (χ0n) is 12.3. The topological polar surface area (TPSA) is 79.5 Å². The average Bonchev–Trinajstić information content (AvgIpc) is 2.35. The number of piperazine rings is 1. The fraction of sp³-hybridized carbons (Fsp3) is 0.500. The van der Waals surface area contributed by atoms with Crippen molar-refractivity contribution in [3.05, 3.63) is 23.5 Å². The Labute approximate surface area is 118 Å². The van der Waals surface area contributed by atoms with Crippen molar-refractivity contribution in [1.82, 2.24) is 14.8 Å². The third-order valence-electron chi connectivity index (χ3n) is 3.75. The normalized spacial score (nSPS) is 18.3. The maximum atomic E-state index is 12.6. The molecule has 0 bridgehead atoms. The lowest BCUT2D eigenvalue weighted by molar-refractivity contribution is -0.144. The Morgan fingerprint density at radius 3 is 2.65 bits per heavy atom. The van der Waals surface area contributed by atoms with Crippen molar-refractivity contribution in [3.63, 3.8) is 0 Å². The lowest BCUT2D eigenvalue weighted by atomic mass is 9.96. The molecule has 0 unspecified atom stereocenters. The van der Waals surface area contributed by atoms with Crippen LogP contribution in [0, 0.1) is 6.92 Å². The molecule has 1 aromatic heterocycles. The molecular formula is C14H20N4O2. The van der Waals surface area contributed by atoms with Crippen molar-refractivity contribution in [1.29, 1.82) is 0 Å². The highest BCUT2D eigenvalue weighted by Gasteiger charge is 2.43. The van der Waals surface area contributed by atoms with Gasteiger partial charge in [-0.2, -0.15) is 0 Å². The highest BCUT2D eigenvalue weighted by Crippen LogP contribution is 2.25. The molecule has 1 aliphatic rings. The monoisotopic (exact) mass is 276 g/mol. The molecule has 6 heteroatoms. The van der Waals surface area contributed by atoms with Crippen LogP contribution in [0.15, 0.2) is 12.3 Å². The second-order valence-electron chi connectivity index (χ2n) is 5.66. The molecule has 2 rings (SSSR count). The Kier molecular flexibility index (Phi) is 3.41. The van der Waals surface area contributed by atoms with Gasteiger partial charge in [0.2, 0.25) is 5.91 Å². The third-order valence-corrected chi connectivity index (χ3v) is 3.75. The number of carbonyl (C=O) groups excluding carboxylic acids is 2. The minimum absolute atomic E-state index is 0.0734. The summed E-state index contributed by atoms with van der Waals surface area (Å²) in [6.07, 6.45) is 1.48. The first-order valence-corrected chi connectivity index (χ1v) is 6.55. The first-order valence-electron chi connectivity index (χ1n) is 6.55. The van der Waals surface area contributed by atoms with E-state index in [1.165, 1.54) is 6.20 Å². The number of aromatic nitrogens is 1. The van der Waals surface area contributed by atoms with E-state index in [1.54, 1.807) is 36.8 Å². The molecule has 20 heavy (non-hydrogen) atoms. The SMILES string of the molecule is Cc1cc(N)c(C(=O)N2CCN(C)C(=O)C2(C)C)cn1. The molecule has 1 saturated heterocycles. The maximum absolute atomic E-state index is 12.6. The predicted octanol–water partition coefficient (Wildman–Crippen LogP) is 0.665. The van der Waals surface area contributed by atoms with Gasteiger partial charge < -0.3 is 15.5 Å². The molecule has 0 atom stereocenters. The Balaban J connectivity index is 2.35. The molecule has 1 fully saturated rings. The van der Waals surface area contributed by atoms with Gasteiger partial charge in [-0.1, -0.05) is 0 Å². The van der Waals surface area contributed by atoms with E-state index in [2.05, 4.69) is 4.98 Å². The van der Waals surface area contributed by atoms with Gasteiger partial charge >= 0.3 is 0 Å². The summed E-state index contributed by atoms with van der Waals surface area (Å²) in [7, 11) is 1.74. The molecule has 2 heterocycles. The second-order valence-corrected chi connectivity index (χ2v) is 5.66. The smallest absolute Gasteiger partial charge is 0.258 e. The number of nitrogens with zero attached hydrogens (tertiary/aromatic N) is 3. The van der Waals surface area contributed by atoms with Crippen LogP contribution >= 0.6 is 0 Å². The van der Waals surface area contributed by atoms with Crippen molar-refractivity contribution in [2.45, 2.75) is 26.3 Å². The molecule has 0 saturated carbocycles. The van der Waals surface area contributed by atoms with Crippen molar-refractivity contribution in [2.24, 2.45) is 0 Å². The van der Waals surface area contributed by atoms with Gasteiger partial charge in [-0.15, -0.1) is 0 Å². The van der Waals surface area contributed by atoms with Gasteiger partial charge in [0.1, 0.15) is 5.54 Å². The number of anilines is 1. The number of aryl methyl sites for hydroxylation is 1. The lowest BCUT2D eigenvalue weighted by Crippen LogP contribution is -2.63. The summed E-state index contributed by atoms with van der Waals surface area (Å²) < 4.78 is 0. The first-order chi connectivity index (χ1) is 9.25. The fourth-order valence-electron chi connectivity index (χ4n) is 2.47. The van der Waals surface area contributed by atoms with Crippen LogP contribution in [-0.2, 0) is 4.79 Å². The molecule has 0 radical (unpaired) electrons. The Bertz CT molecular complexity index is 568. The number of rotatable bonds is 1. The number of carbonyl (C=O) groups is 2. The van der Waals surface area contributed by atoms with Crippen LogP contribution in [0.5, 0.6) is 0 Å². The maximum Gasteiger partial charge on any atom is 0.258 e. The van der Waals surface area contributed by atoms with E-state index in [9.17, 15) is 9.59 Å². The highest BCUT2D eigenvalue weighted by atomic mass is 16.2. The van der Waals surface area contributed by atoms with Crippen molar-refractivity contribution in [3.8, 4) is 0 Å². The average molecular weight is 276 g/mol. The van der Waals surface area contributed by atoms with E-state index >= 15 is 0 Å². The minimum Gasteiger partial charge on any atom is -0.398 e. The zero-order chi connectivity index (χ0) is 15.1. The van der Waals surface area contributed by atoms with Crippen LogP contribution < -0.4 is 5.73 Å². The number of hydrogen-bond donors (Lipinski definition) is 1. The van der Waals surface area contributed by atoms with Crippen molar-refractivity contribution < 1.29 is 9.59 Å². The molecule has 0 aliphatic carbocycles. The summed E-state index contributed by atoms with van der Waals surface area (Å²) in [6.45, 7) is 6.32. The molecule has 108 valence electrons. The van der Waals surface area contributed by atoms with Crippen LogP contribution in [0.3, 0.4) is 0 Å². The van der Waals surface area contributed by atoms with E-state index < -0.39 is 5.54 Å². The summed E-state index contributed by atoms with van der Waals surface area (Å²) >= 11 is 0. The van der Waals surface area contributed by atoms with Crippen LogP contribution in [0.4, 0.5) is 5.69 Å². The van der Waals surface area contributed by atoms with Crippen LogP contribution in [0.2, 0.25) is 0 Å². The van der Waals surface area contributed by atoms with E-state index in [4.69, 9.17) is 5.73 Å². The first kappa shape index (κ1) is 14.3. The predicted molar refractivity (Wildman–Crippen MR) is 76.1 cm³/mol. The van der Waals surface area contributed by atoms with Crippen LogP contribution in [0.1, 0.15) is 29.9 Å². The molecule has 1 aromatic rings. The Hall–Kier alpha value is -2.11. The number of likely N-dealkylation sites (N-methyl/N-ethyl adjacent to an activating group) is 1. The molecule has 2 amide bonds. The number of hydrogen-bond acceptors (Lipinski definition) is 4. The van der Waals surface area contributed by atoms with Gasteiger partial charge in [-0.3, -0.25) is 14.6 Å². The molecular weight excluding hydrogens is 256 g/mol. The highest BCUT2D eigenvalue weighted by molar-refractivity contribution is 6.02. The van der Waals surface area contributed by atoms with Gasteiger partial charge in [0.15, 0.2) is 0 Å². The summed E-state index contributed by atoms with van der Waals surface area (Å²) in [5, 5.41) is 0. The second kappa shape index (κ2) is 4.77. The lowest BCUT2D eigenvalue weighted by Gasteiger charge is -2.44. The summed E-state index contributed by atoms with van der Waals surface area (Å²) in [4.78, 5) is 32.2. The Morgan fingerprint density at radius 1 is 1.40 bits per heavy atom. The van der Waals surface area contributed by atoms with E-state index in [-0.39, 0.29) is 11.8 Å². The number of amides is 2. The molecule has 0 aromatic carbocycles. The van der Waals surface area contributed by atoms with E-state index in [0.717, 1.165) is 5.69 Å². The van der Waals surface area contributed by atoms with Gasteiger partial charge in [0.05, 0.1) is 5.56 Å². The number of pyridine rings is 1. The van der Waals surface area contributed by atoms with Gasteiger partial charge in [0.25, 0.3) is 5.91 Å². The summed E-state index contributed by atoms with van der Waals surface area (Å²) in [5.41, 5.74) is 6.52. The third kappa shape index (κ3) is 2.21. The zero-order valence-corrected chi connectivity index (χ0v) is 12.3. The van der Waals surface area contributed by atoms with Crippen molar-refractivity contribution in [2.75, 3.05) is 25.9 Å². The van der Waals surface area contributed by atoms with Gasteiger partial charge in [-0.05, 0) is 26.8 Å². The summed E-state index contributed by atoms with van der Waals surface area (Å²) in [5.74, 6) is -0.322.